The average Bonchev–Trinajstić information content (AvgIpc) is 2.51. The lowest BCUT2D eigenvalue weighted by Crippen LogP contribution is -2.52. The molecule has 1 heterocycles. The molecule has 1 amide bonds. The molecule has 0 fully saturated rings. The van der Waals surface area contributed by atoms with E-state index in [0.717, 1.165) is 6.07 Å². The molecule has 1 aromatic carbocycles. The van der Waals surface area contributed by atoms with E-state index < -0.39 is 24.7 Å². The minimum atomic E-state index is -1.98. The SMILES string of the molecule is CC1(CO[Si](C)(C)C(C)(C)C)COc2cc(C(N)=O)cc([N+](=O)[O-])c2N1. The van der Waals surface area contributed by atoms with Crippen molar-refractivity contribution in [3.05, 3.63) is 27.8 Å². The van der Waals surface area contributed by atoms with E-state index in [4.69, 9.17) is 14.9 Å². The summed E-state index contributed by atoms with van der Waals surface area (Å²) in [6, 6.07) is 2.59. The van der Waals surface area contributed by atoms with Gasteiger partial charge in [0.25, 0.3) is 5.69 Å². The number of anilines is 1. The van der Waals surface area contributed by atoms with Crippen LogP contribution < -0.4 is 15.8 Å². The Kier molecular flexibility index (Phi) is 5.08. The summed E-state index contributed by atoms with van der Waals surface area (Å²) in [5.41, 5.74) is 4.67. The summed E-state index contributed by atoms with van der Waals surface area (Å²) in [5.74, 6) is -0.494. The van der Waals surface area contributed by atoms with Gasteiger partial charge in [0.2, 0.25) is 5.91 Å². The molecule has 1 aromatic rings. The highest BCUT2D eigenvalue weighted by molar-refractivity contribution is 6.74. The highest BCUT2D eigenvalue weighted by Crippen LogP contribution is 2.42. The zero-order valence-electron chi connectivity index (χ0n) is 16.1. The Labute approximate surface area is 154 Å². The number of nitrogens with one attached hydrogen (secondary N) is 1. The fourth-order valence-electron chi connectivity index (χ4n) is 2.34. The van der Waals surface area contributed by atoms with Crippen molar-refractivity contribution in [3.63, 3.8) is 0 Å². The number of rotatable bonds is 5. The van der Waals surface area contributed by atoms with E-state index in [1.807, 2.05) is 6.92 Å². The van der Waals surface area contributed by atoms with Crippen LogP contribution in [0.4, 0.5) is 11.4 Å². The molecular weight excluding hydrogens is 354 g/mol. The summed E-state index contributed by atoms with van der Waals surface area (Å²) in [7, 11) is -1.98. The van der Waals surface area contributed by atoms with Crippen LogP contribution in [0.2, 0.25) is 18.1 Å². The van der Waals surface area contributed by atoms with Gasteiger partial charge in [-0.2, -0.15) is 0 Å². The number of amides is 1. The number of nitrogens with zero attached hydrogens (tertiary/aromatic N) is 1. The molecule has 8 nitrogen and oxygen atoms in total. The van der Waals surface area contributed by atoms with Crippen molar-refractivity contribution in [2.75, 3.05) is 18.5 Å². The normalized spacial score (nSPS) is 19.9. The fourth-order valence-corrected chi connectivity index (χ4v) is 3.45. The van der Waals surface area contributed by atoms with Gasteiger partial charge in [-0.05, 0) is 31.1 Å². The van der Waals surface area contributed by atoms with Gasteiger partial charge in [-0.15, -0.1) is 0 Å². The Morgan fingerprint density at radius 1 is 1.46 bits per heavy atom. The first-order valence-corrected chi connectivity index (χ1v) is 11.3. The highest BCUT2D eigenvalue weighted by Gasteiger charge is 2.41. The molecule has 144 valence electrons. The Morgan fingerprint density at radius 2 is 2.08 bits per heavy atom. The van der Waals surface area contributed by atoms with Gasteiger partial charge in [-0.25, -0.2) is 0 Å². The predicted molar refractivity (Wildman–Crippen MR) is 102 cm³/mol. The van der Waals surface area contributed by atoms with Gasteiger partial charge < -0.3 is 20.2 Å². The lowest BCUT2D eigenvalue weighted by atomic mass is 10.0. The Bertz CT molecular complexity index is 745. The number of carbonyl (C=O) groups excluding carboxylic acids is 1. The third kappa shape index (κ3) is 3.99. The summed E-state index contributed by atoms with van der Waals surface area (Å²) < 4.78 is 12.0. The summed E-state index contributed by atoms with van der Waals surface area (Å²) >= 11 is 0. The van der Waals surface area contributed by atoms with Gasteiger partial charge in [0.05, 0.1) is 17.1 Å². The van der Waals surface area contributed by atoms with E-state index in [1.54, 1.807) is 0 Å². The molecule has 3 N–H and O–H groups in total. The molecular formula is C17H27N3O5Si. The summed E-state index contributed by atoms with van der Waals surface area (Å²) in [4.78, 5) is 22.3. The van der Waals surface area contributed by atoms with Crippen LogP contribution in [0.5, 0.6) is 5.75 Å². The van der Waals surface area contributed by atoms with Crippen molar-refractivity contribution in [1.82, 2.24) is 0 Å². The number of nitro groups is 1. The molecule has 0 radical (unpaired) electrons. The van der Waals surface area contributed by atoms with Crippen molar-refractivity contribution in [1.29, 1.82) is 0 Å². The van der Waals surface area contributed by atoms with Crippen molar-refractivity contribution in [2.24, 2.45) is 5.73 Å². The summed E-state index contributed by atoms with van der Waals surface area (Å²) in [6.45, 7) is 13.3. The lowest BCUT2D eigenvalue weighted by molar-refractivity contribution is -0.384. The minimum absolute atomic E-state index is 0.0402. The Hall–Kier alpha value is -2.13. The first-order valence-electron chi connectivity index (χ1n) is 8.43. The molecule has 0 aliphatic carbocycles. The number of carbonyl (C=O) groups is 1. The van der Waals surface area contributed by atoms with E-state index >= 15 is 0 Å². The van der Waals surface area contributed by atoms with Gasteiger partial charge >= 0.3 is 0 Å². The van der Waals surface area contributed by atoms with Crippen molar-refractivity contribution in [3.8, 4) is 5.75 Å². The maximum Gasteiger partial charge on any atom is 0.296 e. The van der Waals surface area contributed by atoms with Crippen LogP contribution in [0.1, 0.15) is 38.1 Å². The number of nitrogens with two attached hydrogens (primary N) is 1. The molecule has 9 heteroatoms. The number of primary amides is 1. The molecule has 1 aliphatic heterocycles. The molecule has 0 aromatic heterocycles. The third-order valence-electron chi connectivity index (χ3n) is 5.09. The number of hydrogen-bond donors (Lipinski definition) is 2. The molecule has 0 spiro atoms. The molecule has 0 saturated carbocycles. The molecule has 0 bridgehead atoms. The maximum atomic E-state index is 11.4. The van der Waals surface area contributed by atoms with Gasteiger partial charge in [0, 0.05) is 11.6 Å². The Morgan fingerprint density at radius 3 is 2.58 bits per heavy atom. The number of fused-ring (bicyclic) bond motifs is 1. The third-order valence-corrected chi connectivity index (χ3v) is 9.57. The quantitative estimate of drug-likeness (QED) is 0.459. The van der Waals surface area contributed by atoms with Gasteiger partial charge in [-0.3, -0.25) is 14.9 Å². The molecule has 1 aliphatic rings. The number of nitro benzene ring substituents is 1. The average molecular weight is 382 g/mol. The molecule has 0 saturated heterocycles. The van der Waals surface area contributed by atoms with E-state index in [9.17, 15) is 14.9 Å². The van der Waals surface area contributed by atoms with E-state index in [-0.39, 0.29) is 34.3 Å². The van der Waals surface area contributed by atoms with Crippen molar-refractivity contribution in [2.45, 2.75) is 51.4 Å². The van der Waals surface area contributed by atoms with Gasteiger partial charge in [-0.1, -0.05) is 20.8 Å². The zero-order valence-corrected chi connectivity index (χ0v) is 17.1. The first kappa shape index (κ1) is 20.2. The molecule has 26 heavy (non-hydrogen) atoms. The topological polar surface area (TPSA) is 117 Å². The van der Waals surface area contributed by atoms with Crippen LogP contribution in [0, 0.1) is 10.1 Å². The van der Waals surface area contributed by atoms with Crippen LogP contribution in [-0.4, -0.2) is 37.9 Å². The van der Waals surface area contributed by atoms with Crippen LogP contribution in [0.15, 0.2) is 12.1 Å². The van der Waals surface area contributed by atoms with Crippen LogP contribution >= 0.6 is 0 Å². The molecule has 1 atom stereocenters. The maximum absolute atomic E-state index is 11.4. The van der Waals surface area contributed by atoms with Crippen molar-refractivity contribution >= 4 is 25.6 Å². The highest BCUT2D eigenvalue weighted by atomic mass is 28.4. The van der Waals surface area contributed by atoms with Crippen LogP contribution in [0.3, 0.4) is 0 Å². The van der Waals surface area contributed by atoms with Crippen molar-refractivity contribution < 1.29 is 18.9 Å². The Balaban J connectivity index is 2.30. The largest absolute Gasteiger partial charge is 0.489 e. The van der Waals surface area contributed by atoms with E-state index in [2.05, 4.69) is 39.2 Å². The van der Waals surface area contributed by atoms with Crippen LogP contribution in [-0.2, 0) is 4.43 Å². The summed E-state index contributed by atoms with van der Waals surface area (Å²) in [6.07, 6.45) is 0. The van der Waals surface area contributed by atoms with E-state index in [0.29, 0.717) is 6.61 Å². The lowest BCUT2D eigenvalue weighted by Gasteiger charge is -2.42. The molecule has 1 unspecified atom stereocenters. The molecule has 2 rings (SSSR count). The first-order chi connectivity index (χ1) is 11.8. The van der Waals surface area contributed by atoms with Crippen LogP contribution in [0.25, 0.3) is 0 Å². The zero-order chi connectivity index (χ0) is 19.9. The fraction of sp³-hybridized carbons (Fsp3) is 0.588. The number of ether oxygens (including phenoxy) is 1. The van der Waals surface area contributed by atoms with E-state index in [1.165, 1.54) is 6.07 Å². The standard InChI is InChI=1S/C17H27N3O5Si/c1-16(2,3)26(5,6)25-10-17(4)9-24-13-8-11(15(18)21)7-12(20(22)23)14(13)19-17/h7-8,19H,9-10H2,1-6H3,(H2,18,21). The minimum Gasteiger partial charge on any atom is -0.489 e. The summed E-state index contributed by atoms with van der Waals surface area (Å²) in [5, 5.41) is 14.7. The second-order valence-corrected chi connectivity index (χ2v) is 13.3. The monoisotopic (exact) mass is 381 g/mol. The number of benzene rings is 1. The van der Waals surface area contributed by atoms with Gasteiger partial charge in [0.1, 0.15) is 12.4 Å². The second kappa shape index (κ2) is 6.55. The predicted octanol–water partition coefficient (Wildman–Crippen LogP) is 3.28. The smallest absolute Gasteiger partial charge is 0.296 e. The second-order valence-electron chi connectivity index (χ2n) is 8.51. The number of hydrogen-bond acceptors (Lipinski definition) is 6. The van der Waals surface area contributed by atoms with Gasteiger partial charge in [0.15, 0.2) is 14.0 Å².